The molecule has 6 heteroatoms. The summed E-state index contributed by atoms with van der Waals surface area (Å²) in [5.41, 5.74) is 2.54. The van der Waals surface area contributed by atoms with E-state index in [2.05, 4.69) is 20.2 Å². The highest BCUT2D eigenvalue weighted by atomic mass is 16.4. The van der Waals surface area contributed by atoms with Gasteiger partial charge in [0, 0.05) is 25.2 Å². The van der Waals surface area contributed by atoms with Crippen molar-refractivity contribution in [2.24, 2.45) is 5.92 Å². The smallest absolute Gasteiger partial charge is 0.298 e. The fourth-order valence-corrected chi connectivity index (χ4v) is 3.37. The monoisotopic (exact) mass is 350 g/mol. The molecule has 3 aromatic rings. The molecule has 4 rings (SSSR count). The molecule has 1 amide bonds. The highest BCUT2D eigenvalue weighted by Gasteiger charge is 2.28. The second-order valence-electron chi connectivity index (χ2n) is 6.71. The number of fused-ring (bicyclic) bond motifs is 1. The summed E-state index contributed by atoms with van der Waals surface area (Å²) >= 11 is 0. The third kappa shape index (κ3) is 3.40. The lowest BCUT2D eigenvalue weighted by atomic mass is 9.95. The molecule has 6 nitrogen and oxygen atoms in total. The molecule has 1 atom stereocenters. The van der Waals surface area contributed by atoms with Gasteiger partial charge in [-0.1, -0.05) is 18.2 Å². The molecule has 1 N–H and O–H groups in total. The van der Waals surface area contributed by atoms with Crippen molar-refractivity contribution in [3.05, 3.63) is 54.4 Å². The van der Waals surface area contributed by atoms with Gasteiger partial charge in [0.05, 0.1) is 11.7 Å². The van der Waals surface area contributed by atoms with E-state index in [0.29, 0.717) is 6.01 Å². The minimum atomic E-state index is -0.0845. The third-order valence-electron chi connectivity index (χ3n) is 4.91. The molecule has 1 aliphatic rings. The van der Waals surface area contributed by atoms with Crippen molar-refractivity contribution < 1.29 is 9.21 Å². The molecule has 26 heavy (non-hydrogen) atoms. The zero-order valence-corrected chi connectivity index (χ0v) is 14.8. The summed E-state index contributed by atoms with van der Waals surface area (Å²) in [6.07, 6.45) is 3.33. The minimum Gasteiger partial charge on any atom is -0.423 e. The van der Waals surface area contributed by atoms with Gasteiger partial charge >= 0.3 is 0 Å². The molecule has 134 valence electrons. The first-order valence-corrected chi connectivity index (χ1v) is 9.02. The first kappa shape index (κ1) is 16.6. The molecule has 1 saturated heterocycles. The fourth-order valence-electron chi connectivity index (χ4n) is 3.37. The number of anilines is 1. The molecule has 0 spiro atoms. The van der Waals surface area contributed by atoms with Crippen molar-refractivity contribution in [3.8, 4) is 0 Å². The Hall–Kier alpha value is -2.89. The Morgan fingerprint density at radius 1 is 1.19 bits per heavy atom. The number of oxazole rings is 1. The zero-order chi connectivity index (χ0) is 17.9. The molecule has 0 unspecified atom stereocenters. The average molecular weight is 350 g/mol. The molecule has 1 aliphatic heterocycles. The molecule has 0 saturated carbocycles. The van der Waals surface area contributed by atoms with Crippen LogP contribution in [0.2, 0.25) is 0 Å². The average Bonchev–Trinajstić information content (AvgIpc) is 3.13. The largest absolute Gasteiger partial charge is 0.423 e. The van der Waals surface area contributed by atoms with Crippen molar-refractivity contribution in [2.45, 2.75) is 25.8 Å². The molecule has 1 aromatic carbocycles. The van der Waals surface area contributed by atoms with Gasteiger partial charge in [0.25, 0.3) is 6.01 Å². The molecule has 0 bridgehead atoms. The van der Waals surface area contributed by atoms with E-state index in [4.69, 9.17) is 4.42 Å². The quantitative estimate of drug-likeness (QED) is 0.781. The molecule has 3 heterocycles. The van der Waals surface area contributed by atoms with Crippen molar-refractivity contribution in [3.63, 3.8) is 0 Å². The van der Waals surface area contributed by atoms with Crippen LogP contribution in [-0.2, 0) is 4.79 Å². The Morgan fingerprint density at radius 2 is 1.96 bits per heavy atom. The summed E-state index contributed by atoms with van der Waals surface area (Å²) in [7, 11) is 0. The molecule has 1 fully saturated rings. The van der Waals surface area contributed by atoms with E-state index in [1.54, 1.807) is 6.20 Å². The number of aromatic nitrogens is 2. The zero-order valence-electron chi connectivity index (χ0n) is 14.8. The van der Waals surface area contributed by atoms with E-state index in [1.807, 2.05) is 49.4 Å². The van der Waals surface area contributed by atoms with Gasteiger partial charge in [0.1, 0.15) is 5.52 Å². The van der Waals surface area contributed by atoms with E-state index in [9.17, 15) is 4.79 Å². The standard InChI is InChI=1S/C20H22N4O2/c1-14(16-6-4-5-11-21-16)22-19(25)15-9-12-24(13-10-15)20-23-17-7-2-3-8-18(17)26-20/h2-8,11,14-15H,9-10,12-13H2,1H3,(H,22,25)/t14-/m1/s1. The van der Waals surface area contributed by atoms with E-state index in [-0.39, 0.29) is 17.9 Å². The number of rotatable bonds is 4. The molecular formula is C20H22N4O2. The summed E-state index contributed by atoms with van der Waals surface area (Å²) < 4.78 is 5.83. The summed E-state index contributed by atoms with van der Waals surface area (Å²) in [6, 6.07) is 14.1. The summed E-state index contributed by atoms with van der Waals surface area (Å²) in [5.74, 6) is 0.113. The second-order valence-corrected chi connectivity index (χ2v) is 6.71. The number of carbonyl (C=O) groups excluding carboxylic acids is 1. The van der Waals surface area contributed by atoms with Crippen LogP contribution in [0.3, 0.4) is 0 Å². The van der Waals surface area contributed by atoms with Crippen LogP contribution in [-0.4, -0.2) is 29.0 Å². The third-order valence-corrected chi connectivity index (χ3v) is 4.91. The maximum atomic E-state index is 12.6. The molecular weight excluding hydrogens is 328 g/mol. The SMILES string of the molecule is C[C@@H](NC(=O)C1CCN(c2nc3ccccc3o2)CC1)c1ccccn1. The Kier molecular flexibility index (Phi) is 4.56. The topological polar surface area (TPSA) is 71.3 Å². The highest BCUT2D eigenvalue weighted by molar-refractivity contribution is 5.79. The van der Waals surface area contributed by atoms with Crippen molar-refractivity contribution in [2.75, 3.05) is 18.0 Å². The molecule has 0 aliphatic carbocycles. The normalized spacial score (nSPS) is 16.6. The van der Waals surface area contributed by atoms with Crippen molar-refractivity contribution >= 4 is 23.0 Å². The van der Waals surface area contributed by atoms with E-state index < -0.39 is 0 Å². The van der Waals surface area contributed by atoms with Crippen LogP contribution in [0.25, 0.3) is 11.1 Å². The van der Waals surface area contributed by atoms with Gasteiger partial charge in [-0.3, -0.25) is 9.78 Å². The number of piperidine rings is 1. The van der Waals surface area contributed by atoms with Gasteiger partial charge < -0.3 is 14.6 Å². The number of hydrogen-bond acceptors (Lipinski definition) is 5. The Labute approximate surface area is 152 Å². The van der Waals surface area contributed by atoms with Gasteiger partial charge in [-0.25, -0.2) is 0 Å². The molecule has 2 aromatic heterocycles. The summed E-state index contributed by atoms with van der Waals surface area (Å²) in [6.45, 7) is 3.50. The highest BCUT2D eigenvalue weighted by Crippen LogP contribution is 2.26. The second kappa shape index (κ2) is 7.15. The molecule has 0 radical (unpaired) electrons. The van der Waals surface area contributed by atoms with Crippen LogP contribution < -0.4 is 10.2 Å². The van der Waals surface area contributed by atoms with Gasteiger partial charge in [0.2, 0.25) is 5.91 Å². The lowest BCUT2D eigenvalue weighted by molar-refractivity contribution is -0.126. The van der Waals surface area contributed by atoms with Gasteiger partial charge in [-0.05, 0) is 44.0 Å². The Morgan fingerprint density at radius 3 is 2.69 bits per heavy atom. The number of para-hydroxylation sites is 2. The van der Waals surface area contributed by atoms with Crippen LogP contribution >= 0.6 is 0 Å². The lowest BCUT2D eigenvalue weighted by Crippen LogP contribution is -2.41. The van der Waals surface area contributed by atoms with Crippen molar-refractivity contribution in [1.29, 1.82) is 0 Å². The first-order valence-electron chi connectivity index (χ1n) is 9.02. The van der Waals surface area contributed by atoms with Crippen LogP contribution in [0.15, 0.2) is 53.1 Å². The maximum Gasteiger partial charge on any atom is 0.298 e. The minimum absolute atomic E-state index is 0.0155. The number of benzene rings is 1. The number of nitrogens with zero attached hydrogens (tertiary/aromatic N) is 3. The Balaban J connectivity index is 1.35. The van der Waals surface area contributed by atoms with Gasteiger partial charge in [0.15, 0.2) is 5.58 Å². The lowest BCUT2D eigenvalue weighted by Gasteiger charge is -2.30. The Bertz CT molecular complexity index is 852. The summed E-state index contributed by atoms with van der Waals surface area (Å²) in [4.78, 5) is 23.5. The predicted molar refractivity (Wildman–Crippen MR) is 99.7 cm³/mol. The number of carbonyl (C=O) groups is 1. The van der Waals surface area contributed by atoms with Crippen LogP contribution in [0, 0.1) is 5.92 Å². The first-order chi connectivity index (χ1) is 12.7. The van der Waals surface area contributed by atoms with Gasteiger partial charge in [-0.2, -0.15) is 4.98 Å². The number of amides is 1. The van der Waals surface area contributed by atoms with E-state index in [0.717, 1.165) is 42.7 Å². The predicted octanol–water partition coefficient (Wildman–Crippen LogP) is 3.32. The van der Waals surface area contributed by atoms with Crippen molar-refractivity contribution in [1.82, 2.24) is 15.3 Å². The van der Waals surface area contributed by atoms with Crippen LogP contribution in [0.4, 0.5) is 6.01 Å². The number of hydrogen-bond donors (Lipinski definition) is 1. The maximum absolute atomic E-state index is 12.6. The number of nitrogens with one attached hydrogen (secondary N) is 1. The van der Waals surface area contributed by atoms with Crippen LogP contribution in [0.1, 0.15) is 31.5 Å². The van der Waals surface area contributed by atoms with E-state index >= 15 is 0 Å². The van der Waals surface area contributed by atoms with Gasteiger partial charge in [-0.15, -0.1) is 0 Å². The summed E-state index contributed by atoms with van der Waals surface area (Å²) in [5, 5.41) is 3.08. The van der Waals surface area contributed by atoms with E-state index in [1.165, 1.54) is 0 Å². The number of pyridine rings is 1. The fraction of sp³-hybridized carbons (Fsp3) is 0.350. The van der Waals surface area contributed by atoms with Crippen LogP contribution in [0.5, 0.6) is 0 Å².